The number of nitrogens with one attached hydrogen (secondary N) is 1. The molecule has 0 bridgehead atoms. The Balaban J connectivity index is 2.26. The van der Waals surface area contributed by atoms with Gasteiger partial charge in [0.05, 0.1) is 5.02 Å². The molecule has 0 amide bonds. The van der Waals surface area contributed by atoms with Crippen molar-refractivity contribution >= 4 is 29.0 Å². The van der Waals surface area contributed by atoms with E-state index < -0.39 is 0 Å². The van der Waals surface area contributed by atoms with Crippen molar-refractivity contribution in [2.75, 3.05) is 6.54 Å². The molecule has 0 saturated heterocycles. The maximum Gasteiger partial charge on any atom is 0.219 e. The van der Waals surface area contributed by atoms with E-state index in [4.69, 9.17) is 27.9 Å². The summed E-state index contributed by atoms with van der Waals surface area (Å²) in [5.74, 6) is 1.06. The molecule has 0 aliphatic carbocycles. The summed E-state index contributed by atoms with van der Waals surface area (Å²) in [6.07, 6.45) is 1.56. The van der Waals surface area contributed by atoms with Crippen molar-refractivity contribution in [1.82, 2.24) is 10.5 Å². The fraction of sp³-hybridized carbons (Fsp3) is 0.294. The molecule has 0 fully saturated rings. The molecule has 1 aromatic carbocycles. The number of aromatic nitrogens is 1. The van der Waals surface area contributed by atoms with Crippen LogP contribution in [0.25, 0.3) is 0 Å². The van der Waals surface area contributed by atoms with Crippen LogP contribution < -0.4 is 10.2 Å². The summed E-state index contributed by atoms with van der Waals surface area (Å²) in [6, 6.07) is 8.30. The van der Waals surface area contributed by atoms with Gasteiger partial charge >= 0.3 is 0 Å². The van der Waals surface area contributed by atoms with Crippen molar-refractivity contribution in [2.45, 2.75) is 20.8 Å². The van der Waals surface area contributed by atoms with Crippen LogP contribution in [0.5, 0.6) is 11.6 Å². The van der Waals surface area contributed by atoms with Crippen molar-refractivity contribution in [3.63, 3.8) is 0 Å². The minimum absolute atomic E-state index is 0.00275. The lowest BCUT2D eigenvalue weighted by molar-refractivity contribution is 0.234. The van der Waals surface area contributed by atoms with E-state index in [1.54, 1.807) is 36.5 Å². The Morgan fingerprint density at radius 3 is 2.67 bits per heavy atom. The van der Waals surface area contributed by atoms with Gasteiger partial charge in [0.2, 0.25) is 5.88 Å². The maximum atomic E-state index is 9.36. The van der Waals surface area contributed by atoms with Crippen LogP contribution in [0, 0.1) is 5.41 Å². The zero-order valence-corrected chi connectivity index (χ0v) is 15.2. The smallest absolute Gasteiger partial charge is 0.219 e. The third-order valence-corrected chi connectivity index (χ3v) is 3.48. The third-order valence-electron chi connectivity index (χ3n) is 2.93. The van der Waals surface area contributed by atoms with Gasteiger partial charge in [0.25, 0.3) is 0 Å². The monoisotopic (exact) mass is 367 g/mol. The van der Waals surface area contributed by atoms with Gasteiger partial charge in [-0.15, -0.1) is 0 Å². The van der Waals surface area contributed by atoms with Crippen molar-refractivity contribution in [1.29, 1.82) is 0 Å². The maximum absolute atomic E-state index is 9.36. The van der Waals surface area contributed by atoms with Gasteiger partial charge in [0, 0.05) is 35.5 Å². The Labute approximate surface area is 151 Å². The second kappa shape index (κ2) is 7.83. The van der Waals surface area contributed by atoms with Gasteiger partial charge in [-0.25, -0.2) is 4.98 Å². The minimum atomic E-state index is 0.00275. The highest BCUT2D eigenvalue weighted by atomic mass is 35.5. The molecular weight excluding hydrogens is 349 g/mol. The summed E-state index contributed by atoms with van der Waals surface area (Å²) in [5, 5.41) is 10.3. The fourth-order valence-electron chi connectivity index (χ4n) is 1.79. The number of hydrogen-bond acceptors (Lipinski definition) is 4. The van der Waals surface area contributed by atoms with Crippen LogP contribution in [-0.2, 0) is 0 Å². The molecule has 1 heterocycles. The van der Waals surface area contributed by atoms with Gasteiger partial charge in [-0.1, -0.05) is 44.0 Å². The number of pyridine rings is 1. The molecule has 0 aliphatic rings. The van der Waals surface area contributed by atoms with E-state index in [2.05, 4.69) is 36.2 Å². The van der Waals surface area contributed by atoms with Crippen molar-refractivity contribution in [3.8, 4) is 11.6 Å². The van der Waals surface area contributed by atoms with E-state index in [1.807, 2.05) is 0 Å². The van der Waals surface area contributed by atoms with Crippen LogP contribution in [-0.4, -0.2) is 22.6 Å². The number of benzene rings is 1. The second-order valence-electron chi connectivity index (χ2n) is 6.40. The van der Waals surface area contributed by atoms with Crippen LogP contribution in [0.2, 0.25) is 10.0 Å². The van der Waals surface area contributed by atoms with Gasteiger partial charge in [-0.3, -0.25) is 15.7 Å². The molecule has 0 unspecified atom stereocenters. The Morgan fingerprint density at radius 1 is 1.25 bits per heavy atom. The van der Waals surface area contributed by atoms with Crippen molar-refractivity contribution < 1.29 is 9.94 Å². The summed E-state index contributed by atoms with van der Waals surface area (Å²) in [6.45, 7) is 6.74. The molecule has 1 aromatic heterocycles. The van der Waals surface area contributed by atoms with Gasteiger partial charge in [-0.2, -0.15) is 0 Å². The van der Waals surface area contributed by atoms with E-state index in [1.165, 1.54) is 0 Å². The van der Waals surface area contributed by atoms with Gasteiger partial charge in [-0.05, 0) is 23.6 Å². The number of aliphatic imine (C=N–C) groups is 1. The zero-order valence-electron chi connectivity index (χ0n) is 13.7. The van der Waals surface area contributed by atoms with Crippen LogP contribution >= 0.6 is 23.2 Å². The Bertz CT molecular complexity index is 743. The lowest BCUT2D eigenvalue weighted by Gasteiger charge is -2.16. The molecule has 0 radical (unpaired) electrons. The molecule has 128 valence electrons. The predicted molar refractivity (Wildman–Crippen MR) is 96.6 cm³/mol. The quantitative estimate of drug-likeness (QED) is 0.455. The number of hydrogen-bond donors (Lipinski definition) is 2. The summed E-state index contributed by atoms with van der Waals surface area (Å²) in [4.78, 5) is 8.53. The zero-order chi connectivity index (χ0) is 17.7. The lowest BCUT2D eigenvalue weighted by atomic mass is 9.97. The number of ether oxygens (including phenoxy) is 1. The second-order valence-corrected chi connectivity index (χ2v) is 7.24. The van der Waals surface area contributed by atoms with Gasteiger partial charge in [0.15, 0.2) is 5.84 Å². The van der Waals surface area contributed by atoms with Crippen LogP contribution in [0.15, 0.2) is 41.5 Å². The first-order valence-corrected chi connectivity index (χ1v) is 8.08. The van der Waals surface area contributed by atoms with E-state index >= 15 is 0 Å². The molecule has 24 heavy (non-hydrogen) atoms. The largest absolute Gasteiger partial charge is 0.437 e. The van der Waals surface area contributed by atoms with E-state index in [0.29, 0.717) is 39.6 Å². The molecule has 2 aromatic rings. The summed E-state index contributed by atoms with van der Waals surface area (Å²) in [5.41, 5.74) is 2.77. The average molecular weight is 368 g/mol. The number of hydroxylamine groups is 1. The summed E-state index contributed by atoms with van der Waals surface area (Å²) in [7, 11) is 0. The first kappa shape index (κ1) is 18.5. The van der Waals surface area contributed by atoms with E-state index in [-0.39, 0.29) is 5.41 Å². The molecule has 0 aliphatic heterocycles. The highest BCUT2D eigenvalue weighted by Gasteiger charge is 2.12. The minimum Gasteiger partial charge on any atom is -0.437 e. The molecule has 7 heteroatoms. The first-order chi connectivity index (χ1) is 11.3. The summed E-state index contributed by atoms with van der Waals surface area (Å²) < 4.78 is 5.68. The first-order valence-electron chi connectivity index (χ1n) is 7.32. The Morgan fingerprint density at radius 2 is 2.00 bits per heavy atom. The Kier molecular flexibility index (Phi) is 6.04. The Hall–Kier alpha value is -1.82. The molecule has 0 spiro atoms. The summed E-state index contributed by atoms with van der Waals surface area (Å²) >= 11 is 12.0. The molecule has 5 nitrogen and oxygen atoms in total. The lowest BCUT2D eigenvalue weighted by Crippen LogP contribution is -2.23. The normalized spacial score (nSPS) is 12.2. The van der Waals surface area contributed by atoms with Crippen LogP contribution in [0.4, 0.5) is 0 Å². The fourth-order valence-corrected chi connectivity index (χ4v) is 2.11. The predicted octanol–water partition coefficient (Wildman–Crippen LogP) is 4.95. The molecule has 0 atom stereocenters. The van der Waals surface area contributed by atoms with E-state index in [9.17, 15) is 5.21 Å². The van der Waals surface area contributed by atoms with Crippen molar-refractivity contribution in [3.05, 3.63) is 52.1 Å². The molecular formula is C17H19Cl2N3O2. The average Bonchev–Trinajstić information content (AvgIpc) is 2.51. The standard InChI is InChI=1S/C17H19Cl2N3O2/c1-17(2,3)10-21-16(22-23)11-6-7-20-15(8-11)24-14-9-12(18)4-5-13(14)19/h4-9,23H,10H2,1-3H3,(H,21,22). The number of amidine groups is 1. The van der Waals surface area contributed by atoms with Crippen molar-refractivity contribution in [2.24, 2.45) is 10.4 Å². The number of rotatable bonds is 4. The van der Waals surface area contributed by atoms with E-state index in [0.717, 1.165) is 0 Å². The number of nitrogens with zero attached hydrogens (tertiary/aromatic N) is 2. The van der Waals surface area contributed by atoms with Gasteiger partial charge in [0.1, 0.15) is 5.75 Å². The highest BCUT2D eigenvalue weighted by Crippen LogP contribution is 2.31. The van der Waals surface area contributed by atoms with Crippen LogP contribution in [0.3, 0.4) is 0 Å². The highest BCUT2D eigenvalue weighted by molar-refractivity contribution is 6.34. The molecule has 0 saturated carbocycles. The SMILES string of the molecule is CC(C)(C)CN=C(NO)c1ccnc(Oc2cc(Cl)ccc2Cl)c1. The third kappa shape index (κ3) is 5.37. The number of halogens is 2. The van der Waals surface area contributed by atoms with Crippen LogP contribution in [0.1, 0.15) is 26.3 Å². The molecule has 2 rings (SSSR count). The molecule has 2 N–H and O–H groups in total. The topological polar surface area (TPSA) is 66.7 Å². The van der Waals surface area contributed by atoms with Gasteiger partial charge < -0.3 is 4.74 Å².